The third-order valence-electron chi connectivity index (χ3n) is 0. The summed E-state index contributed by atoms with van der Waals surface area (Å²) in [5, 5.41) is 0. The molecule has 0 saturated carbocycles. The molecule has 0 spiro atoms. The molecule has 0 saturated heterocycles. The van der Waals surface area contributed by atoms with Crippen LogP contribution in [0.2, 0.25) is 0 Å². The van der Waals surface area contributed by atoms with Crippen LogP contribution in [0, 0.1) is 0 Å². The summed E-state index contributed by atoms with van der Waals surface area (Å²) >= 11 is 0. The molecule has 0 rings (SSSR count). The fraction of sp³-hybridized carbons (Fsp3) is 0. The molecule has 0 fully saturated rings. The molecule has 0 heterocycles. The molecule has 0 aromatic heterocycles. The van der Waals surface area contributed by atoms with Crippen LogP contribution in [-0.2, 0) is 17.1 Å². The van der Waals surface area contributed by atoms with E-state index in [0.29, 0.717) is 0 Å². The standard InChI is InChI=1S/Fe.H3P.Sb.Sn.4H/h;1H3;;;;;;. The van der Waals surface area contributed by atoms with Crippen molar-refractivity contribution in [2.45, 2.75) is 0 Å². The molecule has 0 N–H and O–H groups in total. The summed E-state index contributed by atoms with van der Waals surface area (Å²) in [7, 11) is 0. The summed E-state index contributed by atoms with van der Waals surface area (Å²) in [4.78, 5) is 0. The van der Waals surface area contributed by atoms with Crippen molar-refractivity contribution in [3.63, 3.8) is 0 Å². The average molecular weight is 334 g/mol. The Hall–Kier alpha value is 2.57. The normalized spacial score (nSPS) is 0. The molecule has 3 radical (unpaired) electrons. The Bertz CT molecular complexity index is 8.00. The predicted molar refractivity (Wildman–Crippen MR) is 28.2 cm³/mol. The number of hydrogen-bond donors (Lipinski definition) is 0. The van der Waals surface area contributed by atoms with Crippen LogP contribution >= 0.6 is 9.90 Å². The van der Waals surface area contributed by atoms with Crippen LogP contribution in [0.1, 0.15) is 0 Å². The Kier molecular flexibility index (Phi) is 136. The Balaban J connectivity index is 0. The van der Waals surface area contributed by atoms with Gasteiger partial charge in [-0.25, -0.2) is 0 Å². The zero-order chi connectivity index (χ0) is 0. The maximum absolute atomic E-state index is 0. The molecule has 29 valence electrons. The molecule has 0 amide bonds. The average Bonchev–Trinajstić information content (AvgIpc) is 0. The second-order valence-corrected chi connectivity index (χ2v) is 0. The molecular formula is H7FePSbSn. The quantitative estimate of drug-likeness (QED) is 0.363. The second kappa shape index (κ2) is 17.6. The molecule has 0 aliphatic rings. The first kappa shape index (κ1) is 30.9. The van der Waals surface area contributed by atoms with Crippen molar-refractivity contribution in [1.29, 1.82) is 0 Å². The second-order valence-electron chi connectivity index (χ2n) is 0. The first-order valence-corrected chi connectivity index (χ1v) is 0. The molecule has 0 nitrogen and oxygen atoms in total. The van der Waals surface area contributed by atoms with Crippen molar-refractivity contribution < 1.29 is 17.1 Å². The molecule has 0 aromatic carbocycles. The van der Waals surface area contributed by atoms with Gasteiger partial charge in [0.25, 0.3) is 0 Å². The van der Waals surface area contributed by atoms with Crippen LogP contribution in [0.25, 0.3) is 0 Å². The van der Waals surface area contributed by atoms with Crippen LogP contribution in [0.5, 0.6) is 0 Å². The van der Waals surface area contributed by atoms with Gasteiger partial charge < -0.3 is 0 Å². The monoisotopic (exact) mass is 335 g/mol. The molecule has 1 unspecified atom stereocenters. The Morgan fingerprint density at radius 2 is 1.00 bits per heavy atom. The Morgan fingerprint density at radius 1 is 1.00 bits per heavy atom. The SMILES string of the molecule is P.[Fe].[SbH2].[SnH2]. The summed E-state index contributed by atoms with van der Waals surface area (Å²) in [6.45, 7) is 0. The van der Waals surface area contributed by atoms with E-state index in [1.54, 1.807) is 0 Å². The summed E-state index contributed by atoms with van der Waals surface area (Å²) in [6, 6.07) is 0. The van der Waals surface area contributed by atoms with Crippen molar-refractivity contribution >= 4 is 58.2 Å². The molecule has 1 atom stereocenters. The van der Waals surface area contributed by atoms with Crippen LogP contribution in [-0.4, -0.2) is 48.3 Å². The third kappa shape index (κ3) is 8.82. The van der Waals surface area contributed by atoms with E-state index in [0.717, 1.165) is 0 Å². The van der Waals surface area contributed by atoms with Crippen molar-refractivity contribution in [2.24, 2.45) is 0 Å². The Labute approximate surface area is 74.4 Å². The van der Waals surface area contributed by atoms with E-state index in [2.05, 4.69) is 0 Å². The van der Waals surface area contributed by atoms with Gasteiger partial charge in [-0.1, -0.05) is 0 Å². The van der Waals surface area contributed by atoms with Crippen molar-refractivity contribution in [3.05, 3.63) is 0 Å². The van der Waals surface area contributed by atoms with E-state index in [1.807, 2.05) is 0 Å². The topological polar surface area (TPSA) is 0 Å². The van der Waals surface area contributed by atoms with Crippen LogP contribution < -0.4 is 0 Å². The summed E-state index contributed by atoms with van der Waals surface area (Å²) in [5.74, 6) is 0. The fourth-order valence-electron chi connectivity index (χ4n) is 0. The minimum absolute atomic E-state index is 0. The summed E-state index contributed by atoms with van der Waals surface area (Å²) in [5.41, 5.74) is 0. The van der Waals surface area contributed by atoms with Crippen LogP contribution in [0.4, 0.5) is 0 Å². The van der Waals surface area contributed by atoms with Gasteiger partial charge in [-0.15, -0.1) is 0 Å². The molecule has 4 heteroatoms. The molecule has 0 aliphatic heterocycles. The van der Waals surface area contributed by atoms with Gasteiger partial charge in [0.2, 0.25) is 0 Å². The number of rotatable bonds is 0. The van der Waals surface area contributed by atoms with E-state index < -0.39 is 0 Å². The van der Waals surface area contributed by atoms with E-state index in [-0.39, 0.29) is 75.3 Å². The van der Waals surface area contributed by atoms with E-state index >= 15 is 0 Å². The molecular weight excluding hydrogens is 327 g/mol. The zero-order valence-corrected chi connectivity index (χ0v) is 12.2. The summed E-state index contributed by atoms with van der Waals surface area (Å²) < 4.78 is 0. The van der Waals surface area contributed by atoms with Gasteiger partial charge in [0, 0.05) is 17.1 Å². The summed E-state index contributed by atoms with van der Waals surface area (Å²) in [6.07, 6.45) is 0. The first-order valence-electron chi connectivity index (χ1n) is 0. The van der Waals surface area contributed by atoms with Gasteiger partial charge in [0.1, 0.15) is 0 Å². The maximum atomic E-state index is 0. The third-order valence-corrected chi connectivity index (χ3v) is 0. The zero-order valence-electron chi connectivity index (χ0n) is 2.35. The van der Waals surface area contributed by atoms with E-state index in [9.17, 15) is 0 Å². The van der Waals surface area contributed by atoms with Gasteiger partial charge in [0.05, 0.1) is 0 Å². The van der Waals surface area contributed by atoms with Gasteiger partial charge in [-0.2, -0.15) is 9.90 Å². The van der Waals surface area contributed by atoms with Gasteiger partial charge in [-0.05, 0) is 0 Å². The predicted octanol–water partition coefficient (Wildman–Crippen LogP) is -1.78. The van der Waals surface area contributed by atoms with Gasteiger partial charge in [-0.3, -0.25) is 0 Å². The van der Waals surface area contributed by atoms with Crippen LogP contribution in [0.15, 0.2) is 0 Å². The first-order chi connectivity index (χ1) is 0. The van der Waals surface area contributed by atoms with Crippen molar-refractivity contribution in [1.82, 2.24) is 0 Å². The Morgan fingerprint density at radius 3 is 1.00 bits per heavy atom. The number of hydrogen-bond acceptors (Lipinski definition) is 0. The van der Waals surface area contributed by atoms with Crippen molar-refractivity contribution in [3.8, 4) is 0 Å². The van der Waals surface area contributed by atoms with E-state index in [4.69, 9.17) is 0 Å². The molecule has 0 aliphatic carbocycles. The van der Waals surface area contributed by atoms with E-state index in [1.165, 1.54) is 0 Å². The van der Waals surface area contributed by atoms with Gasteiger partial charge in [0.15, 0.2) is 0 Å². The molecule has 4 heavy (non-hydrogen) atoms. The van der Waals surface area contributed by atoms with Crippen LogP contribution in [0.3, 0.4) is 0 Å². The van der Waals surface area contributed by atoms with Gasteiger partial charge >= 0.3 is 48.3 Å². The molecule has 0 bridgehead atoms. The molecule has 0 aromatic rings. The fourth-order valence-corrected chi connectivity index (χ4v) is 0. The minimum atomic E-state index is 0. The van der Waals surface area contributed by atoms with Crippen molar-refractivity contribution in [2.75, 3.05) is 0 Å².